The van der Waals surface area contributed by atoms with Crippen LogP contribution in [0.2, 0.25) is 0 Å². The predicted octanol–water partition coefficient (Wildman–Crippen LogP) is 1.41. The van der Waals surface area contributed by atoms with Crippen LogP contribution in [0, 0.1) is 13.8 Å². The van der Waals surface area contributed by atoms with Crippen molar-refractivity contribution in [2.24, 2.45) is 0 Å². The molecule has 0 aliphatic heterocycles. The highest BCUT2D eigenvalue weighted by atomic mass is 32.2. The summed E-state index contributed by atoms with van der Waals surface area (Å²) in [4.78, 5) is 0.0955. The number of hydrogen-bond donors (Lipinski definition) is 3. The van der Waals surface area contributed by atoms with Gasteiger partial charge in [0.05, 0.1) is 11.9 Å². The lowest BCUT2D eigenvalue weighted by molar-refractivity contribution is 0.601. The molecule has 0 saturated carbocycles. The second-order valence-electron chi connectivity index (χ2n) is 4.07. The summed E-state index contributed by atoms with van der Waals surface area (Å²) in [6.45, 7) is 3.60. The van der Waals surface area contributed by atoms with Gasteiger partial charge in [-0.2, -0.15) is 5.10 Å². The van der Waals surface area contributed by atoms with E-state index in [1.54, 1.807) is 26.0 Å². The summed E-state index contributed by atoms with van der Waals surface area (Å²) in [7, 11) is -3.61. The second kappa shape index (κ2) is 4.34. The summed E-state index contributed by atoms with van der Waals surface area (Å²) < 4.78 is 26.6. The van der Waals surface area contributed by atoms with Gasteiger partial charge in [0.25, 0.3) is 10.0 Å². The highest BCUT2D eigenvalue weighted by Crippen LogP contribution is 2.25. The molecule has 1 aromatic carbocycles. The molecule has 18 heavy (non-hydrogen) atoms. The van der Waals surface area contributed by atoms with E-state index in [0.29, 0.717) is 11.4 Å². The van der Waals surface area contributed by atoms with Gasteiger partial charge in [0, 0.05) is 11.9 Å². The molecular weight excluding hydrogens is 252 g/mol. The van der Waals surface area contributed by atoms with Crippen LogP contribution in [-0.2, 0) is 10.0 Å². The number of nitrogens with two attached hydrogens (primary N) is 1. The molecule has 6 nitrogen and oxygen atoms in total. The van der Waals surface area contributed by atoms with E-state index in [0.717, 1.165) is 11.1 Å². The van der Waals surface area contributed by atoms with E-state index in [2.05, 4.69) is 14.9 Å². The van der Waals surface area contributed by atoms with Gasteiger partial charge in [0.1, 0.15) is 4.90 Å². The maximum atomic E-state index is 12.0. The molecule has 7 heteroatoms. The first-order chi connectivity index (χ1) is 8.40. The molecule has 0 aliphatic rings. The molecule has 4 N–H and O–H groups in total. The molecule has 0 amide bonds. The van der Waals surface area contributed by atoms with E-state index in [-0.39, 0.29) is 4.90 Å². The van der Waals surface area contributed by atoms with Crippen molar-refractivity contribution in [3.05, 3.63) is 35.7 Å². The van der Waals surface area contributed by atoms with E-state index in [1.807, 2.05) is 0 Å². The molecule has 0 bridgehead atoms. The molecule has 2 rings (SSSR count). The summed E-state index contributed by atoms with van der Waals surface area (Å²) in [5, 5.41) is 6.10. The fourth-order valence-corrected chi connectivity index (χ4v) is 2.85. The first kappa shape index (κ1) is 12.4. The standard InChI is InChI=1S/C11H14N4O2S/c1-7-3-9(12)4-8(2)11(7)15-18(16,17)10-5-13-14-6-10/h3-6,15H,12H2,1-2H3,(H,13,14). The Morgan fingerprint density at radius 1 is 1.28 bits per heavy atom. The number of aromatic amines is 1. The van der Waals surface area contributed by atoms with E-state index >= 15 is 0 Å². The van der Waals surface area contributed by atoms with Gasteiger partial charge in [0.2, 0.25) is 0 Å². The molecular formula is C11H14N4O2S. The Balaban J connectivity index is 2.42. The van der Waals surface area contributed by atoms with E-state index in [1.165, 1.54) is 12.4 Å². The second-order valence-corrected chi connectivity index (χ2v) is 5.75. The number of rotatable bonds is 3. The van der Waals surface area contributed by atoms with Crippen LogP contribution >= 0.6 is 0 Å². The largest absolute Gasteiger partial charge is 0.399 e. The number of nitrogen functional groups attached to an aromatic ring is 1. The molecule has 0 spiro atoms. The number of nitrogens with zero attached hydrogens (tertiary/aromatic N) is 1. The summed E-state index contributed by atoms with van der Waals surface area (Å²) in [6, 6.07) is 3.44. The smallest absolute Gasteiger partial charge is 0.265 e. The molecule has 1 heterocycles. The summed E-state index contributed by atoms with van der Waals surface area (Å²) in [5.74, 6) is 0. The maximum absolute atomic E-state index is 12.0. The van der Waals surface area contributed by atoms with Gasteiger partial charge in [-0.15, -0.1) is 0 Å². The third kappa shape index (κ3) is 2.30. The number of H-pyrrole nitrogens is 1. The zero-order valence-corrected chi connectivity index (χ0v) is 10.9. The lowest BCUT2D eigenvalue weighted by Crippen LogP contribution is -2.14. The Morgan fingerprint density at radius 2 is 1.89 bits per heavy atom. The van der Waals surface area contributed by atoms with Crippen molar-refractivity contribution >= 4 is 21.4 Å². The van der Waals surface area contributed by atoms with Crippen molar-refractivity contribution in [1.82, 2.24) is 10.2 Å². The van der Waals surface area contributed by atoms with Gasteiger partial charge < -0.3 is 5.73 Å². The van der Waals surface area contributed by atoms with E-state index < -0.39 is 10.0 Å². The van der Waals surface area contributed by atoms with Gasteiger partial charge >= 0.3 is 0 Å². The average Bonchev–Trinajstić information content (AvgIpc) is 2.77. The molecule has 0 radical (unpaired) electrons. The van der Waals surface area contributed by atoms with Gasteiger partial charge in [-0.1, -0.05) is 0 Å². The number of anilines is 2. The third-order valence-corrected chi connectivity index (χ3v) is 3.89. The predicted molar refractivity (Wildman–Crippen MR) is 69.7 cm³/mol. The third-order valence-electron chi connectivity index (χ3n) is 2.57. The fourth-order valence-electron chi connectivity index (χ4n) is 1.74. The molecule has 0 atom stereocenters. The van der Waals surface area contributed by atoms with Gasteiger partial charge in [-0.05, 0) is 37.1 Å². The fraction of sp³-hybridized carbons (Fsp3) is 0.182. The molecule has 0 aliphatic carbocycles. The van der Waals surface area contributed by atoms with Crippen molar-refractivity contribution < 1.29 is 8.42 Å². The number of aryl methyl sites for hydroxylation is 2. The number of aromatic nitrogens is 2. The van der Waals surface area contributed by atoms with Gasteiger partial charge in [0.15, 0.2) is 0 Å². The number of hydrogen-bond acceptors (Lipinski definition) is 4. The van der Waals surface area contributed by atoms with Crippen LogP contribution in [0.3, 0.4) is 0 Å². The highest BCUT2D eigenvalue weighted by Gasteiger charge is 2.17. The number of benzene rings is 1. The molecule has 0 unspecified atom stereocenters. The zero-order valence-electron chi connectivity index (χ0n) is 10.1. The molecule has 2 aromatic rings. The summed E-state index contributed by atoms with van der Waals surface area (Å²) >= 11 is 0. The SMILES string of the molecule is Cc1cc(N)cc(C)c1NS(=O)(=O)c1cn[nH]c1. The number of nitrogens with one attached hydrogen (secondary N) is 2. The lowest BCUT2D eigenvalue weighted by Gasteiger charge is -2.13. The molecule has 1 aromatic heterocycles. The van der Waals surface area contributed by atoms with Crippen molar-refractivity contribution in [2.45, 2.75) is 18.7 Å². The Labute approximate surface area is 105 Å². The maximum Gasteiger partial charge on any atom is 0.265 e. The van der Waals surface area contributed by atoms with Crippen LogP contribution < -0.4 is 10.5 Å². The highest BCUT2D eigenvalue weighted by molar-refractivity contribution is 7.92. The minimum atomic E-state index is -3.61. The van der Waals surface area contributed by atoms with Crippen LogP contribution in [-0.4, -0.2) is 18.6 Å². The minimum Gasteiger partial charge on any atom is -0.399 e. The van der Waals surface area contributed by atoms with Gasteiger partial charge in [-0.25, -0.2) is 8.42 Å². The number of sulfonamides is 1. The quantitative estimate of drug-likeness (QED) is 0.731. The Kier molecular flexibility index (Phi) is 3.00. The first-order valence-corrected chi connectivity index (χ1v) is 6.77. The average molecular weight is 266 g/mol. The molecule has 96 valence electrons. The van der Waals surface area contributed by atoms with Crippen LogP contribution in [0.15, 0.2) is 29.4 Å². The normalized spacial score (nSPS) is 11.4. The first-order valence-electron chi connectivity index (χ1n) is 5.28. The van der Waals surface area contributed by atoms with Gasteiger partial charge in [-0.3, -0.25) is 9.82 Å². The van der Waals surface area contributed by atoms with Crippen molar-refractivity contribution in [3.63, 3.8) is 0 Å². The monoisotopic (exact) mass is 266 g/mol. The van der Waals surface area contributed by atoms with Crippen LogP contribution in [0.5, 0.6) is 0 Å². The van der Waals surface area contributed by atoms with Crippen LogP contribution in [0.1, 0.15) is 11.1 Å². The summed E-state index contributed by atoms with van der Waals surface area (Å²) in [5.41, 5.74) is 8.40. The molecule has 0 fully saturated rings. The Hall–Kier alpha value is -2.02. The van der Waals surface area contributed by atoms with Crippen molar-refractivity contribution in [1.29, 1.82) is 0 Å². The Bertz CT molecular complexity index is 639. The van der Waals surface area contributed by atoms with Crippen molar-refractivity contribution in [3.8, 4) is 0 Å². The lowest BCUT2D eigenvalue weighted by atomic mass is 10.1. The van der Waals surface area contributed by atoms with Crippen LogP contribution in [0.4, 0.5) is 11.4 Å². The van der Waals surface area contributed by atoms with Crippen LogP contribution in [0.25, 0.3) is 0 Å². The molecule has 0 saturated heterocycles. The zero-order chi connectivity index (χ0) is 13.3. The van der Waals surface area contributed by atoms with E-state index in [4.69, 9.17) is 5.73 Å². The van der Waals surface area contributed by atoms with Crippen molar-refractivity contribution in [2.75, 3.05) is 10.5 Å². The summed E-state index contributed by atoms with van der Waals surface area (Å²) in [6.07, 6.45) is 2.58. The Morgan fingerprint density at radius 3 is 2.39 bits per heavy atom. The topological polar surface area (TPSA) is 101 Å². The van der Waals surface area contributed by atoms with E-state index in [9.17, 15) is 8.42 Å². The minimum absolute atomic E-state index is 0.0955.